The number of ketones is 2. The molecule has 6 fully saturated rings. The number of esters is 1. The molecule has 0 amide bonds. The highest BCUT2D eigenvalue weighted by Crippen LogP contribution is 2.77. The summed E-state index contributed by atoms with van der Waals surface area (Å²) < 4.78 is 11.5. The minimum Gasteiger partial charge on any atom is -0.469 e. The maximum atomic E-state index is 14.5. The molecule has 0 spiro atoms. The monoisotopic (exact) mass is 509 g/mol. The van der Waals surface area contributed by atoms with Crippen LogP contribution in [0.4, 0.5) is 0 Å². The van der Waals surface area contributed by atoms with Gasteiger partial charge in [0.1, 0.15) is 5.78 Å². The van der Waals surface area contributed by atoms with Crippen molar-refractivity contribution in [2.24, 2.45) is 56.7 Å². The Labute approximate surface area is 221 Å². The van der Waals surface area contributed by atoms with Crippen molar-refractivity contribution in [2.45, 2.75) is 105 Å². The second-order valence-corrected chi connectivity index (χ2v) is 15.1. The van der Waals surface area contributed by atoms with Gasteiger partial charge in [-0.25, -0.2) is 6.57 Å². The number of rotatable bonds is 1. The largest absolute Gasteiger partial charge is 0.469 e. The SMILES string of the molecule is [C-]#[N+][C@@]12O[C@@H]1[C@]1(C)[C@H]3CC(=O)[C@@H]4[C@@H]5CC(C)(C)CC[C@]5(C(=O)OC)CC[C@@]4(C)[C@]3(C)CC[C@H]1[C@H](C)C2=O. The van der Waals surface area contributed by atoms with Crippen molar-refractivity contribution >= 4 is 17.5 Å². The molecule has 5 aliphatic carbocycles. The van der Waals surface area contributed by atoms with E-state index in [9.17, 15) is 14.4 Å². The van der Waals surface area contributed by atoms with E-state index in [2.05, 4.69) is 39.5 Å². The minimum absolute atomic E-state index is 0.00961. The summed E-state index contributed by atoms with van der Waals surface area (Å²) in [7, 11) is 1.49. The van der Waals surface area contributed by atoms with Gasteiger partial charge in [-0.2, -0.15) is 0 Å². The van der Waals surface area contributed by atoms with Crippen molar-refractivity contribution in [3.05, 3.63) is 11.4 Å². The summed E-state index contributed by atoms with van der Waals surface area (Å²) in [4.78, 5) is 44.8. The molecule has 0 bridgehead atoms. The molecule has 6 nitrogen and oxygen atoms in total. The number of carbonyl (C=O) groups excluding carboxylic acids is 3. The molecular formula is C31H43NO5. The van der Waals surface area contributed by atoms with Crippen molar-refractivity contribution in [1.29, 1.82) is 0 Å². The Balaban J connectivity index is 1.46. The van der Waals surface area contributed by atoms with E-state index in [-0.39, 0.29) is 63.4 Å². The van der Waals surface area contributed by atoms with Gasteiger partial charge >= 0.3 is 11.7 Å². The van der Waals surface area contributed by atoms with Crippen LogP contribution in [0.2, 0.25) is 0 Å². The first kappa shape index (κ1) is 25.5. The third-order valence-corrected chi connectivity index (χ3v) is 13.5. The predicted molar refractivity (Wildman–Crippen MR) is 137 cm³/mol. The smallest absolute Gasteiger partial charge is 0.424 e. The van der Waals surface area contributed by atoms with Crippen LogP contribution in [-0.4, -0.2) is 36.5 Å². The van der Waals surface area contributed by atoms with E-state index in [1.807, 2.05) is 6.92 Å². The predicted octanol–water partition coefficient (Wildman–Crippen LogP) is 5.63. The lowest BCUT2D eigenvalue weighted by molar-refractivity contribution is -0.232. The molecule has 0 aromatic rings. The zero-order valence-corrected chi connectivity index (χ0v) is 23.6. The summed E-state index contributed by atoms with van der Waals surface area (Å²) in [6.45, 7) is 21.3. The van der Waals surface area contributed by atoms with Crippen LogP contribution in [0.1, 0.15) is 92.9 Å². The topological polar surface area (TPSA) is 77.3 Å². The van der Waals surface area contributed by atoms with E-state index in [0.29, 0.717) is 6.42 Å². The zero-order chi connectivity index (χ0) is 27.0. The molecule has 11 atom stereocenters. The second-order valence-electron chi connectivity index (χ2n) is 15.1. The Morgan fingerprint density at radius 2 is 1.68 bits per heavy atom. The number of hydrogen-bond donors (Lipinski definition) is 0. The van der Waals surface area contributed by atoms with Crippen LogP contribution in [0.25, 0.3) is 4.85 Å². The maximum Gasteiger partial charge on any atom is 0.424 e. The summed E-state index contributed by atoms with van der Waals surface area (Å²) in [6, 6.07) is 0. The average Bonchev–Trinajstić information content (AvgIpc) is 3.61. The molecule has 1 saturated heterocycles. The molecule has 1 aliphatic heterocycles. The lowest BCUT2D eigenvalue weighted by Crippen LogP contribution is -2.70. The van der Waals surface area contributed by atoms with Gasteiger partial charge in [-0.15, -0.1) is 0 Å². The Kier molecular flexibility index (Phi) is 5.01. The van der Waals surface area contributed by atoms with E-state index in [4.69, 9.17) is 16.0 Å². The standard InChI is InChI=1S/C31H43NO5/c1-17-18-9-10-27(4)21(29(18,6)24-31(32-7,37-24)23(17)34)15-20(33)22-19-16-26(2,3)11-13-30(19,25(35)36-8)14-12-28(22,27)5/h17-19,21-22,24H,9-16H2,1-6,8H3/t17-,18-,19-,21-,22-,24+,27+,28+,29-,30-,31-/m0/s1. The molecule has 0 radical (unpaired) electrons. The Hall–Kier alpha value is -1.74. The quantitative estimate of drug-likeness (QED) is 0.260. The fourth-order valence-electron chi connectivity index (χ4n) is 11.3. The first-order valence-electron chi connectivity index (χ1n) is 14.4. The van der Waals surface area contributed by atoms with Crippen LogP contribution in [0.15, 0.2) is 0 Å². The first-order chi connectivity index (χ1) is 17.2. The number of hydrogen-bond acceptors (Lipinski definition) is 5. The van der Waals surface area contributed by atoms with Gasteiger partial charge in [-0.3, -0.25) is 24.0 Å². The molecule has 6 heteroatoms. The Morgan fingerprint density at radius 3 is 2.32 bits per heavy atom. The van der Waals surface area contributed by atoms with Crippen LogP contribution < -0.4 is 0 Å². The van der Waals surface area contributed by atoms with Crippen LogP contribution in [-0.2, 0) is 23.9 Å². The molecule has 1 heterocycles. The molecular weight excluding hydrogens is 466 g/mol. The summed E-state index contributed by atoms with van der Waals surface area (Å²) in [5.41, 5.74) is -2.62. The van der Waals surface area contributed by atoms with Gasteiger partial charge in [0, 0.05) is 23.7 Å². The van der Waals surface area contributed by atoms with Gasteiger partial charge in [0.15, 0.2) is 6.10 Å². The zero-order valence-electron chi connectivity index (χ0n) is 23.6. The first-order valence-corrected chi connectivity index (χ1v) is 14.4. The van der Waals surface area contributed by atoms with Crippen molar-refractivity contribution in [3.8, 4) is 0 Å². The van der Waals surface area contributed by atoms with Gasteiger partial charge in [-0.05, 0) is 78.9 Å². The molecule has 0 aromatic heterocycles. The molecule has 5 saturated carbocycles. The highest BCUT2D eigenvalue weighted by Gasteiger charge is 2.86. The number of carbonyl (C=O) groups is 3. The third kappa shape index (κ3) is 2.73. The number of Topliss-reactive ketones (excluding diaryl/α,β-unsaturated/α-hetero) is 2. The number of methoxy groups -OCH3 is 1. The molecule has 37 heavy (non-hydrogen) atoms. The third-order valence-electron chi connectivity index (χ3n) is 13.5. The van der Waals surface area contributed by atoms with Crippen molar-refractivity contribution in [3.63, 3.8) is 0 Å². The molecule has 0 unspecified atom stereocenters. The number of fused-ring (bicyclic) bond motifs is 9. The summed E-state index contributed by atoms with van der Waals surface area (Å²) in [5.74, 6) is -0.145. The molecule has 0 N–H and O–H groups in total. The van der Waals surface area contributed by atoms with Gasteiger partial charge in [0.05, 0.1) is 12.5 Å². The average molecular weight is 510 g/mol. The minimum atomic E-state index is -1.34. The highest BCUT2D eigenvalue weighted by atomic mass is 16.6. The normalized spacial score (nSPS) is 55.4. The Morgan fingerprint density at radius 1 is 1.00 bits per heavy atom. The van der Waals surface area contributed by atoms with Gasteiger partial charge in [-0.1, -0.05) is 41.5 Å². The fraction of sp³-hybridized carbons (Fsp3) is 0.871. The van der Waals surface area contributed by atoms with E-state index in [1.54, 1.807) is 0 Å². The van der Waals surface area contributed by atoms with Crippen LogP contribution in [0.3, 0.4) is 0 Å². The highest BCUT2D eigenvalue weighted by molar-refractivity contribution is 5.96. The molecule has 6 aliphatic rings. The van der Waals surface area contributed by atoms with Crippen LogP contribution >= 0.6 is 0 Å². The van der Waals surface area contributed by atoms with Crippen LogP contribution in [0, 0.1) is 63.2 Å². The van der Waals surface area contributed by atoms with Gasteiger partial charge in [0.25, 0.3) is 5.78 Å². The molecule has 0 aromatic carbocycles. The van der Waals surface area contributed by atoms with E-state index >= 15 is 0 Å². The molecule has 6 rings (SSSR count). The van der Waals surface area contributed by atoms with Crippen molar-refractivity contribution < 1.29 is 23.9 Å². The lowest BCUT2D eigenvalue weighted by Gasteiger charge is -2.71. The van der Waals surface area contributed by atoms with E-state index < -0.39 is 22.7 Å². The summed E-state index contributed by atoms with van der Waals surface area (Å²) in [6.07, 6.45) is 6.14. The maximum absolute atomic E-state index is 14.5. The number of ether oxygens (including phenoxy) is 2. The van der Waals surface area contributed by atoms with Crippen molar-refractivity contribution in [1.82, 2.24) is 0 Å². The Bertz CT molecular complexity index is 1140. The fourth-order valence-corrected chi connectivity index (χ4v) is 11.3. The summed E-state index contributed by atoms with van der Waals surface area (Å²) >= 11 is 0. The second kappa shape index (κ2) is 7.26. The summed E-state index contributed by atoms with van der Waals surface area (Å²) in [5, 5.41) is 0. The lowest BCUT2D eigenvalue weighted by atomic mass is 9.32. The number of nitrogens with zero attached hydrogens (tertiary/aromatic N) is 1. The van der Waals surface area contributed by atoms with E-state index in [0.717, 1.165) is 44.9 Å². The van der Waals surface area contributed by atoms with Crippen LogP contribution in [0.5, 0.6) is 0 Å². The van der Waals surface area contributed by atoms with Gasteiger partial charge in [0.2, 0.25) is 0 Å². The van der Waals surface area contributed by atoms with Gasteiger partial charge < -0.3 is 4.74 Å². The number of epoxide rings is 1. The van der Waals surface area contributed by atoms with E-state index in [1.165, 1.54) is 7.11 Å². The molecule has 202 valence electrons. The van der Waals surface area contributed by atoms with Crippen molar-refractivity contribution in [2.75, 3.05) is 7.11 Å².